The van der Waals surface area contributed by atoms with Crippen LogP contribution in [0.4, 0.5) is 10.6 Å². The third kappa shape index (κ3) is 7.72. The largest absolute Gasteiger partial charge is 0.444 e. The number of rotatable bonds is 8. The van der Waals surface area contributed by atoms with Gasteiger partial charge in [-0.1, -0.05) is 53.7 Å². The number of likely N-dealkylation sites (tertiary alicyclic amines) is 1. The van der Waals surface area contributed by atoms with Crippen molar-refractivity contribution >= 4 is 32.9 Å². The predicted octanol–water partition coefficient (Wildman–Crippen LogP) is 8.45. The number of fused-ring (bicyclic) bond motifs is 1. The Bertz CT molecular complexity index is 2020. The molecule has 2 fully saturated rings. The molecule has 52 heavy (non-hydrogen) atoms. The van der Waals surface area contributed by atoms with Gasteiger partial charge in [0.05, 0.1) is 23.3 Å². The fraction of sp³-hybridized carbons (Fsp3) is 0.525. The van der Waals surface area contributed by atoms with Gasteiger partial charge < -0.3 is 18.7 Å². The number of nitrogens with zero attached hydrogens (tertiary/aromatic N) is 6. The Labute approximate surface area is 308 Å². The average molecular weight is 729 g/mol. The zero-order valence-corrected chi connectivity index (χ0v) is 32.7. The van der Waals surface area contributed by atoms with E-state index in [4.69, 9.17) is 18.9 Å². The molecule has 2 aliphatic rings. The van der Waals surface area contributed by atoms with Crippen molar-refractivity contribution in [1.29, 1.82) is 0 Å². The fourth-order valence-electron chi connectivity index (χ4n) is 7.31. The van der Waals surface area contributed by atoms with Gasteiger partial charge in [0.1, 0.15) is 16.3 Å². The lowest BCUT2D eigenvalue weighted by atomic mass is 9.78. The van der Waals surface area contributed by atoms with E-state index >= 15 is 0 Å². The van der Waals surface area contributed by atoms with E-state index in [0.717, 1.165) is 41.5 Å². The van der Waals surface area contributed by atoms with Gasteiger partial charge in [-0.15, -0.1) is 0 Å². The van der Waals surface area contributed by atoms with E-state index in [1.165, 1.54) is 6.20 Å². The van der Waals surface area contributed by atoms with Gasteiger partial charge in [-0.05, 0) is 92.0 Å². The van der Waals surface area contributed by atoms with Crippen molar-refractivity contribution in [2.75, 3.05) is 31.1 Å². The second-order valence-corrected chi connectivity index (χ2v) is 17.8. The molecule has 0 bridgehead atoms. The molecule has 1 spiro atoms. The summed E-state index contributed by atoms with van der Waals surface area (Å²) in [5.41, 5.74) is 3.24. The van der Waals surface area contributed by atoms with Crippen LogP contribution in [0.15, 0.2) is 53.9 Å². The van der Waals surface area contributed by atoms with Crippen LogP contribution in [0.3, 0.4) is 0 Å². The van der Waals surface area contributed by atoms with Crippen LogP contribution in [-0.4, -0.2) is 71.1 Å². The number of piperidine rings is 1. The Hall–Kier alpha value is -4.32. The lowest BCUT2D eigenvalue weighted by molar-refractivity contribution is 0.0266. The first-order valence-corrected chi connectivity index (χ1v) is 19.8. The van der Waals surface area contributed by atoms with Crippen LogP contribution in [0.1, 0.15) is 116 Å². The maximum atomic E-state index is 14.5. The number of pyridine rings is 2. The Morgan fingerprint density at radius 1 is 0.846 bits per heavy atom. The van der Waals surface area contributed by atoms with Gasteiger partial charge in [0.15, 0.2) is 11.6 Å². The van der Waals surface area contributed by atoms with Crippen LogP contribution in [0.2, 0.25) is 0 Å². The maximum Gasteiger partial charge on any atom is 0.410 e. The van der Waals surface area contributed by atoms with Gasteiger partial charge in [-0.2, -0.15) is 8.42 Å². The van der Waals surface area contributed by atoms with Crippen molar-refractivity contribution in [3.8, 4) is 17.1 Å². The SMILES string of the molecule is CC(C)c1cc(C(C)C)c(S(=O)(=O)Oc2cncc3nc(-c4ccncc4)nc(N4CCC5(CCN(C(=O)OC(C)(C)C)C5)CC4)c23)c(C(C)C)c1. The standard InChI is InChI=1S/C40H52N6O5S/c1-25(2)29-20-30(26(3)4)35(31(21-29)27(5)6)52(48,49)51-33-23-42-22-32-34(33)37(44-36(43-32)28-10-15-41-16-11-28)45-17-12-40(13-18-45)14-19-46(24-40)38(47)50-39(7,8)9/h10-11,15-16,20-23,25-27H,12-14,17-19,24H2,1-9H3. The van der Waals surface area contributed by atoms with E-state index in [1.807, 2.05) is 77.6 Å². The number of hydrogen-bond acceptors (Lipinski definition) is 10. The second kappa shape index (κ2) is 14.2. The van der Waals surface area contributed by atoms with Crippen molar-refractivity contribution in [2.24, 2.45) is 5.41 Å². The van der Waals surface area contributed by atoms with Crippen LogP contribution >= 0.6 is 0 Å². The van der Waals surface area contributed by atoms with Crippen LogP contribution in [0.25, 0.3) is 22.3 Å². The van der Waals surface area contributed by atoms with E-state index in [0.29, 0.717) is 48.7 Å². The summed E-state index contributed by atoms with van der Waals surface area (Å²) in [6, 6.07) is 7.70. The molecule has 1 amide bonds. The van der Waals surface area contributed by atoms with Gasteiger partial charge in [-0.25, -0.2) is 14.8 Å². The van der Waals surface area contributed by atoms with E-state index in [2.05, 4.69) is 28.7 Å². The smallest absolute Gasteiger partial charge is 0.410 e. The highest BCUT2D eigenvalue weighted by Crippen LogP contribution is 2.44. The lowest BCUT2D eigenvalue weighted by Crippen LogP contribution is -2.43. The minimum atomic E-state index is -4.33. The molecule has 0 radical (unpaired) electrons. The summed E-state index contributed by atoms with van der Waals surface area (Å²) in [5, 5.41) is 0.491. The zero-order valence-electron chi connectivity index (χ0n) is 31.9. The predicted molar refractivity (Wildman–Crippen MR) is 203 cm³/mol. The molecule has 4 aromatic rings. The highest BCUT2D eigenvalue weighted by molar-refractivity contribution is 7.87. The van der Waals surface area contributed by atoms with E-state index < -0.39 is 15.7 Å². The first kappa shape index (κ1) is 37.4. The first-order chi connectivity index (χ1) is 24.5. The third-order valence-electron chi connectivity index (χ3n) is 10.2. The minimum absolute atomic E-state index is 0.0307. The molecule has 0 unspecified atom stereocenters. The number of ether oxygens (including phenoxy) is 1. The molecule has 11 nitrogen and oxygen atoms in total. The summed E-state index contributed by atoms with van der Waals surface area (Å²) in [4.78, 5) is 35.6. The molecule has 0 N–H and O–H groups in total. The molecular formula is C40H52N6O5S. The van der Waals surface area contributed by atoms with Crippen LogP contribution in [0.5, 0.6) is 5.75 Å². The van der Waals surface area contributed by atoms with Crippen LogP contribution < -0.4 is 9.08 Å². The molecule has 0 atom stereocenters. The fourth-order valence-corrected chi connectivity index (χ4v) is 8.93. The number of carbonyl (C=O) groups excluding carboxylic acids is 1. The Morgan fingerprint density at radius 2 is 1.46 bits per heavy atom. The van der Waals surface area contributed by atoms with Crippen molar-refractivity contribution in [1.82, 2.24) is 24.8 Å². The van der Waals surface area contributed by atoms with Gasteiger partial charge in [0.2, 0.25) is 0 Å². The van der Waals surface area contributed by atoms with Gasteiger partial charge in [-0.3, -0.25) is 9.97 Å². The maximum absolute atomic E-state index is 14.5. The van der Waals surface area contributed by atoms with E-state index in [-0.39, 0.29) is 39.9 Å². The number of anilines is 1. The molecule has 0 saturated carbocycles. The van der Waals surface area contributed by atoms with Crippen molar-refractivity contribution in [3.05, 3.63) is 65.7 Å². The van der Waals surface area contributed by atoms with E-state index in [9.17, 15) is 13.2 Å². The van der Waals surface area contributed by atoms with Crippen molar-refractivity contribution in [2.45, 2.75) is 110 Å². The number of amides is 1. The Balaban J connectivity index is 1.40. The number of carbonyl (C=O) groups is 1. The number of hydrogen-bond donors (Lipinski definition) is 0. The number of aromatic nitrogens is 4. The summed E-state index contributed by atoms with van der Waals surface area (Å²) in [6.45, 7) is 20.5. The summed E-state index contributed by atoms with van der Waals surface area (Å²) >= 11 is 0. The molecule has 12 heteroatoms. The van der Waals surface area contributed by atoms with Gasteiger partial charge >= 0.3 is 16.2 Å². The monoisotopic (exact) mass is 728 g/mol. The van der Waals surface area contributed by atoms with Gasteiger partial charge in [0.25, 0.3) is 0 Å². The molecular weight excluding hydrogens is 677 g/mol. The highest BCUT2D eigenvalue weighted by atomic mass is 32.2. The molecule has 278 valence electrons. The molecule has 6 rings (SSSR count). The average Bonchev–Trinajstić information content (AvgIpc) is 3.50. The Kier molecular flexibility index (Phi) is 10.3. The normalized spacial score (nSPS) is 16.5. The summed E-state index contributed by atoms with van der Waals surface area (Å²) in [5.74, 6) is 1.28. The number of benzene rings is 1. The summed E-state index contributed by atoms with van der Waals surface area (Å²) in [7, 11) is -4.33. The van der Waals surface area contributed by atoms with Crippen LogP contribution in [0, 0.1) is 5.41 Å². The molecule has 2 saturated heterocycles. The molecule has 5 heterocycles. The molecule has 3 aromatic heterocycles. The highest BCUT2D eigenvalue weighted by Gasteiger charge is 2.44. The molecule has 0 aliphatic carbocycles. The van der Waals surface area contributed by atoms with Crippen molar-refractivity contribution in [3.63, 3.8) is 0 Å². The first-order valence-electron chi connectivity index (χ1n) is 18.4. The summed E-state index contributed by atoms with van der Waals surface area (Å²) < 4.78 is 40.9. The second-order valence-electron chi connectivity index (χ2n) is 16.3. The quantitative estimate of drug-likeness (QED) is 0.163. The zero-order chi connectivity index (χ0) is 37.6. The molecule has 1 aromatic carbocycles. The van der Waals surface area contributed by atoms with Crippen LogP contribution in [-0.2, 0) is 14.9 Å². The van der Waals surface area contributed by atoms with Crippen molar-refractivity contribution < 1.29 is 22.1 Å². The van der Waals surface area contributed by atoms with Gasteiger partial charge in [0, 0.05) is 44.1 Å². The molecule has 2 aliphatic heterocycles. The third-order valence-corrected chi connectivity index (χ3v) is 11.6. The Morgan fingerprint density at radius 3 is 2.04 bits per heavy atom. The summed E-state index contributed by atoms with van der Waals surface area (Å²) in [6.07, 6.45) is 8.75. The minimum Gasteiger partial charge on any atom is -0.444 e. The lowest BCUT2D eigenvalue weighted by Gasteiger charge is -2.40. The topological polar surface area (TPSA) is 128 Å². The van der Waals surface area contributed by atoms with E-state index in [1.54, 1.807) is 18.6 Å².